The summed E-state index contributed by atoms with van der Waals surface area (Å²) in [6, 6.07) is 8.35. The highest BCUT2D eigenvalue weighted by Gasteiger charge is 2.44. The van der Waals surface area contributed by atoms with Crippen molar-refractivity contribution in [3.8, 4) is 5.75 Å². The summed E-state index contributed by atoms with van der Waals surface area (Å²) < 4.78 is 24.7. The normalized spacial score (nSPS) is 22.3. The van der Waals surface area contributed by atoms with Crippen LogP contribution in [-0.2, 0) is 18.6 Å². The molecular weight excluding hydrogens is 431 g/mol. The van der Waals surface area contributed by atoms with Crippen LogP contribution in [0.2, 0.25) is 0 Å². The lowest BCUT2D eigenvalue weighted by molar-refractivity contribution is -0.148. The number of carboxylic acid groups (broad SMARTS) is 1. The van der Waals surface area contributed by atoms with Gasteiger partial charge in [0.1, 0.15) is 29.6 Å². The van der Waals surface area contributed by atoms with Gasteiger partial charge in [-0.05, 0) is 29.7 Å². The molecule has 3 rings (SSSR count). The summed E-state index contributed by atoms with van der Waals surface area (Å²) in [6.07, 6.45) is -1.26. The molecule has 1 aliphatic rings. The third-order valence-electron chi connectivity index (χ3n) is 4.51. The van der Waals surface area contributed by atoms with Gasteiger partial charge >= 0.3 is 19.8 Å². The van der Waals surface area contributed by atoms with Gasteiger partial charge in [-0.3, -0.25) is 9.36 Å². The molecule has 1 saturated heterocycles. The molecule has 1 aliphatic heterocycles. The number of para-hydroxylation sites is 1. The summed E-state index contributed by atoms with van der Waals surface area (Å²) in [5.74, 6) is -0.937. The van der Waals surface area contributed by atoms with E-state index in [1.807, 2.05) is 0 Å². The quantitative estimate of drug-likeness (QED) is 0.365. The molecule has 2 heterocycles. The minimum absolute atomic E-state index is 0.0581. The van der Waals surface area contributed by atoms with E-state index in [0.29, 0.717) is 0 Å². The number of anilines is 1. The second kappa shape index (κ2) is 9.94. The monoisotopic (exact) mass is 453 g/mol. The zero-order chi connectivity index (χ0) is 22.5. The molecule has 1 aromatic carbocycles. The van der Waals surface area contributed by atoms with Gasteiger partial charge < -0.3 is 25.5 Å². The minimum Gasteiger partial charge on any atom is -0.480 e. The van der Waals surface area contributed by atoms with Crippen molar-refractivity contribution in [1.29, 1.82) is 0 Å². The molecule has 31 heavy (non-hydrogen) atoms. The maximum absolute atomic E-state index is 12.6. The number of aliphatic hydroxyl groups excluding tert-OH is 1. The second-order valence-corrected chi connectivity index (χ2v) is 7.86. The van der Waals surface area contributed by atoms with E-state index >= 15 is 0 Å². The average molecular weight is 453 g/mol. The zero-order valence-corrected chi connectivity index (χ0v) is 17.4. The largest absolute Gasteiger partial charge is 0.653 e. The summed E-state index contributed by atoms with van der Waals surface area (Å²) in [7, 11) is -2.76. The highest BCUT2D eigenvalue weighted by atomic mass is 31.1. The molecular formula is C18H22N4O8P+. The maximum atomic E-state index is 12.6. The molecule has 0 amide bonds. The lowest BCUT2D eigenvalue weighted by atomic mass is 10.2. The molecule has 166 valence electrons. The Morgan fingerprint density at radius 3 is 2.77 bits per heavy atom. The summed E-state index contributed by atoms with van der Waals surface area (Å²) in [6.45, 7) is 0.963. The third kappa shape index (κ3) is 5.63. The van der Waals surface area contributed by atoms with E-state index in [1.165, 1.54) is 23.8 Å². The van der Waals surface area contributed by atoms with E-state index in [-0.39, 0.29) is 24.6 Å². The number of aromatic nitrogens is 2. The molecule has 13 heteroatoms. The van der Waals surface area contributed by atoms with E-state index in [9.17, 15) is 24.4 Å². The number of rotatable bonds is 9. The van der Waals surface area contributed by atoms with E-state index in [2.05, 4.69) is 4.98 Å². The lowest BCUT2D eigenvalue weighted by Gasteiger charge is -2.16. The Labute approximate surface area is 177 Å². The van der Waals surface area contributed by atoms with Gasteiger partial charge in [0.05, 0.1) is 6.10 Å². The van der Waals surface area contributed by atoms with Gasteiger partial charge in [0.2, 0.25) is 0 Å². The van der Waals surface area contributed by atoms with Crippen molar-refractivity contribution in [3.63, 3.8) is 0 Å². The Balaban J connectivity index is 1.64. The fourth-order valence-electron chi connectivity index (χ4n) is 2.81. The number of nitrogens with two attached hydrogens (primary N) is 1. The number of carbonyl (C=O) groups is 1. The lowest BCUT2D eigenvalue weighted by Crippen LogP contribution is -2.37. The van der Waals surface area contributed by atoms with Crippen LogP contribution in [-0.4, -0.2) is 55.4 Å². The van der Waals surface area contributed by atoms with Crippen molar-refractivity contribution in [1.82, 2.24) is 14.4 Å². The minimum atomic E-state index is -2.76. The standard InChI is InChI=1S/C18H21N4O8P/c1-11(17(24)25)22(30-12-5-3-2-4-6-12)31(27)28-10-14-13(23)9-16(29-14)21-8-7-15(19)20-18(21)26/h2-8,11,13-14,16,23H,9-10H2,1H3,(H2-,19,20,24,25,26)/p+1/t11?,13-,14+,16+/m0/s1. The Kier molecular flexibility index (Phi) is 7.31. The van der Waals surface area contributed by atoms with E-state index < -0.39 is 44.3 Å². The number of nitrogen functional groups attached to an aromatic ring is 1. The number of aliphatic carboxylic acids is 1. The second-order valence-electron chi connectivity index (χ2n) is 6.73. The van der Waals surface area contributed by atoms with Crippen LogP contribution in [0.1, 0.15) is 19.6 Å². The van der Waals surface area contributed by atoms with Crippen LogP contribution < -0.4 is 16.3 Å². The smallest absolute Gasteiger partial charge is 0.480 e. The molecule has 5 atom stereocenters. The van der Waals surface area contributed by atoms with Crippen molar-refractivity contribution < 1.29 is 33.7 Å². The Morgan fingerprint density at radius 1 is 1.42 bits per heavy atom. The zero-order valence-electron chi connectivity index (χ0n) is 16.5. The third-order valence-corrected chi connectivity index (χ3v) is 5.63. The van der Waals surface area contributed by atoms with Crippen molar-refractivity contribution in [2.45, 2.75) is 37.8 Å². The molecule has 0 spiro atoms. The van der Waals surface area contributed by atoms with Crippen LogP contribution in [0.3, 0.4) is 0 Å². The van der Waals surface area contributed by atoms with E-state index in [1.54, 1.807) is 30.3 Å². The molecule has 0 radical (unpaired) electrons. The van der Waals surface area contributed by atoms with Crippen molar-refractivity contribution >= 4 is 20.0 Å². The molecule has 2 aromatic rings. The summed E-state index contributed by atoms with van der Waals surface area (Å²) in [5.41, 5.74) is 4.83. The van der Waals surface area contributed by atoms with Crippen molar-refractivity contribution in [3.05, 3.63) is 53.1 Å². The summed E-state index contributed by atoms with van der Waals surface area (Å²) in [4.78, 5) is 33.1. The molecule has 0 saturated carbocycles. The maximum Gasteiger partial charge on any atom is 0.653 e. The number of carboxylic acids is 1. The van der Waals surface area contributed by atoms with Crippen LogP contribution in [0.25, 0.3) is 0 Å². The number of hydrogen-bond donors (Lipinski definition) is 3. The molecule has 2 unspecified atom stereocenters. The first kappa shape index (κ1) is 22.8. The van der Waals surface area contributed by atoms with Gasteiger partial charge in [-0.15, -0.1) is 4.52 Å². The number of nitrogens with zero attached hydrogens (tertiary/aromatic N) is 3. The van der Waals surface area contributed by atoms with Crippen LogP contribution >= 0.6 is 8.18 Å². The fraction of sp³-hybridized carbons (Fsp3) is 0.389. The Hall–Kier alpha value is -2.89. The Bertz CT molecular complexity index is 988. The molecule has 1 aromatic heterocycles. The van der Waals surface area contributed by atoms with Crippen molar-refractivity contribution in [2.75, 3.05) is 12.3 Å². The summed E-state index contributed by atoms with van der Waals surface area (Å²) in [5, 5.41) is 19.5. The molecule has 1 fully saturated rings. The van der Waals surface area contributed by atoms with Gasteiger partial charge in [0, 0.05) is 12.6 Å². The highest BCUT2D eigenvalue weighted by Crippen LogP contribution is 2.35. The molecule has 0 aliphatic carbocycles. The van der Waals surface area contributed by atoms with Crippen LogP contribution in [0.4, 0.5) is 5.82 Å². The Morgan fingerprint density at radius 2 is 2.13 bits per heavy atom. The fourth-order valence-corrected chi connectivity index (χ4v) is 3.74. The highest BCUT2D eigenvalue weighted by molar-refractivity contribution is 7.36. The topological polar surface area (TPSA) is 166 Å². The van der Waals surface area contributed by atoms with Crippen LogP contribution in [0.5, 0.6) is 5.75 Å². The van der Waals surface area contributed by atoms with Gasteiger partial charge in [0.15, 0.2) is 11.8 Å². The van der Waals surface area contributed by atoms with Gasteiger partial charge in [-0.2, -0.15) is 4.98 Å². The molecule has 4 N–H and O–H groups in total. The predicted octanol–water partition coefficient (Wildman–Crippen LogP) is 0.917. The first-order chi connectivity index (χ1) is 14.8. The van der Waals surface area contributed by atoms with E-state index in [4.69, 9.17) is 19.8 Å². The van der Waals surface area contributed by atoms with E-state index in [0.717, 1.165) is 4.83 Å². The van der Waals surface area contributed by atoms with Crippen LogP contribution in [0.15, 0.2) is 47.4 Å². The van der Waals surface area contributed by atoms with Crippen molar-refractivity contribution in [2.24, 2.45) is 0 Å². The van der Waals surface area contributed by atoms with Gasteiger partial charge in [-0.25, -0.2) is 4.79 Å². The summed E-state index contributed by atoms with van der Waals surface area (Å²) >= 11 is 0. The predicted molar refractivity (Wildman–Crippen MR) is 107 cm³/mol. The first-order valence-electron chi connectivity index (χ1n) is 9.29. The number of hydrogen-bond acceptors (Lipinski definition) is 9. The van der Waals surface area contributed by atoms with Crippen LogP contribution in [0, 0.1) is 0 Å². The number of hydroxylamine groups is 1. The van der Waals surface area contributed by atoms with Gasteiger partial charge in [-0.1, -0.05) is 18.2 Å². The first-order valence-corrected chi connectivity index (χ1v) is 10.4. The number of aliphatic hydroxyl groups is 1. The average Bonchev–Trinajstić information content (AvgIpc) is 3.10. The number of ether oxygens (including phenoxy) is 1. The molecule has 0 bridgehead atoms. The number of benzene rings is 1. The molecule has 12 nitrogen and oxygen atoms in total. The van der Waals surface area contributed by atoms with Gasteiger partial charge in [0.25, 0.3) is 0 Å². The SMILES string of the molecule is CC(C(=O)O)N(Oc1ccccc1)[P+](=O)OC[C@H]1O[C@@H](n2ccc(N)nc2=O)C[C@@H]1O.